The molecule has 1 aromatic carbocycles. The summed E-state index contributed by atoms with van der Waals surface area (Å²) in [6, 6.07) is 3.07. The lowest BCUT2D eigenvalue weighted by atomic mass is 10.1. The standard InChI is InChI=1S/C12H18ClFN2/c1-8(7-15)3-4-16-12-6-11(14)9(2)5-10(12)13/h5-6,8,16H,3-4,7,15H2,1-2H3. The molecule has 16 heavy (non-hydrogen) atoms. The molecular weight excluding hydrogens is 227 g/mol. The zero-order valence-corrected chi connectivity index (χ0v) is 10.4. The molecule has 3 N–H and O–H groups in total. The van der Waals surface area contributed by atoms with Crippen molar-refractivity contribution in [3.63, 3.8) is 0 Å². The van der Waals surface area contributed by atoms with Crippen LogP contribution >= 0.6 is 11.6 Å². The molecule has 0 amide bonds. The van der Waals surface area contributed by atoms with Gasteiger partial charge in [0, 0.05) is 6.54 Å². The van der Waals surface area contributed by atoms with Crippen molar-refractivity contribution < 1.29 is 4.39 Å². The van der Waals surface area contributed by atoms with E-state index in [2.05, 4.69) is 12.2 Å². The SMILES string of the molecule is Cc1cc(Cl)c(NCCC(C)CN)cc1F. The van der Waals surface area contributed by atoms with E-state index in [-0.39, 0.29) is 5.82 Å². The Morgan fingerprint density at radius 3 is 2.81 bits per heavy atom. The molecule has 1 rings (SSSR count). The fraction of sp³-hybridized carbons (Fsp3) is 0.500. The number of nitrogens with one attached hydrogen (secondary N) is 1. The molecule has 0 saturated carbocycles. The second-order valence-corrected chi connectivity index (χ2v) is 4.54. The van der Waals surface area contributed by atoms with E-state index >= 15 is 0 Å². The first-order chi connectivity index (χ1) is 7.54. The summed E-state index contributed by atoms with van der Waals surface area (Å²) in [7, 11) is 0. The molecule has 0 aromatic heterocycles. The summed E-state index contributed by atoms with van der Waals surface area (Å²) in [4.78, 5) is 0. The topological polar surface area (TPSA) is 38.0 Å². The normalized spacial score (nSPS) is 12.6. The smallest absolute Gasteiger partial charge is 0.128 e. The summed E-state index contributed by atoms with van der Waals surface area (Å²) >= 11 is 6.00. The van der Waals surface area contributed by atoms with Crippen molar-refractivity contribution in [2.75, 3.05) is 18.4 Å². The summed E-state index contributed by atoms with van der Waals surface area (Å²) < 4.78 is 13.3. The van der Waals surface area contributed by atoms with Gasteiger partial charge in [-0.25, -0.2) is 4.39 Å². The van der Waals surface area contributed by atoms with Gasteiger partial charge >= 0.3 is 0 Å². The number of benzene rings is 1. The van der Waals surface area contributed by atoms with Gasteiger partial charge in [-0.15, -0.1) is 0 Å². The van der Waals surface area contributed by atoms with Crippen LogP contribution in [0.3, 0.4) is 0 Å². The molecule has 90 valence electrons. The van der Waals surface area contributed by atoms with Crippen LogP contribution in [0.4, 0.5) is 10.1 Å². The van der Waals surface area contributed by atoms with E-state index < -0.39 is 0 Å². The van der Waals surface area contributed by atoms with E-state index in [4.69, 9.17) is 17.3 Å². The number of hydrogen-bond donors (Lipinski definition) is 2. The van der Waals surface area contributed by atoms with E-state index in [9.17, 15) is 4.39 Å². The Balaban J connectivity index is 2.57. The minimum absolute atomic E-state index is 0.237. The summed E-state index contributed by atoms with van der Waals surface area (Å²) in [5, 5.41) is 3.67. The fourth-order valence-electron chi connectivity index (χ4n) is 1.35. The zero-order valence-electron chi connectivity index (χ0n) is 9.69. The lowest BCUT2D eigenvalue weighted by molar-refractivity contribution is 0.561. The zero-order chi connectivity index (χ0) is 12.1. The van der Waals surface area contributed by atoms with Crippen LogP contribution in [-0.4, -0.2) is 13.1 Å². The highest BCUT2D eigenvalue weighted by Gasteiger charge is 2.06. The van der Waals surface area contributed by atoms with E-state index in [1.165, 1.54) is 6.07 Å². The van der Waals surface area contributed by atoms with Gasteiger partial charge in [-0.05, 0) is 43.5 Å². The molecule has 0 aliphatic rings. The van der Waals surface area contributed by atoms with Gasteiger partial charge in [-0.3, -0.25) is 0 Å². The Kier molecular flexibility index (Phi) is 5.03. The maximum atomic E-state index is 13.3. The number of halogens is 2. The third-order valence-corrected chi connectivity index (χ3v) is 2.92. The average molecular weight is 245 g/mol. The van der Waals surface area contributed by atoms with Gasteiger partial charge in [0.25, 0.3) is 0 Å². The molecule has 0 heterocycles. The minimum Gasteiger partial charge on any atom is -0.384 e. The third kappa shape index (κ3) is 3.65. The quantitative estimate of drug-likeness (QED) is 0.835. The molecule has 1 unspecified atom stereocenters. The van der Waals surface area contributed by atoms with Gasteiger partial charge in [0.05, 0.1) is 10.7 Å². The van der Waals surface area contributed by atoms with Crippen LogP contribution in [0.25, 0.3) is 0 Å². The summed E-state index contributed by atoms with van der Waals surface area (Å²) in [6.07, 6.45) is 0.947. The van der Waals surface area contributed by atoms with Crippen molar-refractivity contribution in [3.05, 3.63) is 28.5 Å². The Morgan fingerprint density at radius 2 is 2.19 bits per heavy atom. The highest BCUT2D eigenvalue weighted by molar-refractivity contribution is 6.33. The van der Waals surface area contributed by atoms with Crippen molar-refractivity contribution in [1.82, 2.24) is 0 Å². The van der Waals surface area contributed by atoms with E-state index in [0.717, 1.165) is 13.0 Å². The second kappa shape index (κ2) is 6.06. The second-order valence-electron chi connectivity index (χ2n) is 4.14. The molecule has 0 bridgehead atoms. The first-order valence-electron chi connectivity index (χ1n) is 5.44. The van der Waals surface area contributed by atoms with Gasteiger partial charge in [-0.2, -0.15) is 0 Å². The predicted molar refractivity (Wildman–Crippen MR) is 67.5 cm³/mol. The Hall–Kier alpha value is -0.800. The van der Waals surface area contributed by atoms with Crippen molar-refractivity contribution in [2.24, 2.45) is 11.7 Å². The molecule has 0 fully saturated rings. The maximum absolute atomic E-state index is 13.3. The van der Waals surface area contributed by atoms with E-state index in [0.29, 0.717) is 28.7 Å². The largest absolute Gasteiger partial charge is 0.384 e. The van der Waals surface area contributed by atoms with Gasteiger partial charge in [0.15, 0.2) is 0 Å². The third-order valence-electron chi connectivity index (χ3n) is 2.60. The molecule has 2 nitrogen and oxygen atoms in total. The van der Waals surface area contributed by atoms with Crippen molar-refractivity contribution in [1.29, 1.82) is 0 Å². The fourth-order valence-corrected chi connectivity index (χ4v) is 1.64. The van der Waals surface area contributed by atoms with Gasteiger partial charge in [0.2, 0.25) is 0 Å². The molecule has 0 spiro atoms. The van der Waals surface area contributed by atoms with Crippen LogP contribution < -0.4 is 11.1 Å². The van der Waals surface area contributed by atoms with Crippen molar-refractivity contribution in [2.45, 2.75) is 20.3 Å². The molecule has 1 aromatic rings. The number of nitrogens with two attached hydrogens (primary N) is 1. The predicted octanol–water partition coefficient (Wildman–Crippen LogP) is 3.18. The van der Waals surface area contributed by atoms with Crippen LogP contribution in [0.15, 0.2) is 12.1 Å². The van der Waals surface area contributed by atoms with Gasteiger partial charge < -0.3 is 11.1 Å². The van der Waals surface area contributed by atoms with E-state index in [1.807, 2.05) is 0 Å². The molecule has 0 aliphatic carbocycles. The van der Waals surface area contributed by atoms with E-state index in [1.54, 1.807) is 13.0 Å². The van der Waals surface area contributed by atoms with Crippen LogP contribution in [0.5, 0.6) is 0 Å². The number of hydrogen-bond acceptors (Lipinski definition) is 2. The summed E-state index contributed by atoms with van der Waals surface area (Å²) in [6.45, 7) is 5.19. The molecule has 0 saturated heterocycles. The van der Waals surface area contributed by atoms with Crippen LogP contribution in [0, 0.1) is 18.7 Å². The summed E-state index contributed by atoms with van der Waals surface area (Å²) in [5.74, 6) is 0.223. The van der Waals surface area contributed by atoms with Crippen LogP contribution in [0.2, 0.25) is 5.02 Å². The average Bonchev–Trinajstić information content (AvgIpc) is 2.25. The highest BCUT2D eigenvalue weighted by atomic mass is 35.5. The summed E-state index contributed by atoms with van der Waals surface area (Å²) in [5.41, 5.74) is 6.72. The molecule has 0 aliphatic heterocycles. The van der Waals surface area contributed by atoms with Gasteiger partial charge in [-0.1, -0.05) is 18.5 Å². The van der Waals surface area contributed by atoms with Crippen molar-refractivity contribution in [3.8, 4) is 0 Å². The lowest BCUT2D eigenvalue weighted by Gasteiger charge is -2.12. The molecular formula is C12H18ClFN2. The molecule has 4 heteroatoms. The Labute approximate surface area is 101 Å². The maximum Gasteiger partial charge on any atom is 0.128 e. The number of aryl methyl sites for hydroxylation is 1. The monoisotopic (exact) mass is 244 g/mol. The van der Waals surface area contributed by atoms with Crippen molar-refractivity contribution >= 4 is 17.3 Å². The minimum atomic E-state index is -0.237. The highest BCUT2D eigenvalue weighted by Crippen LogP contribution is 2.25. The first-order valence-corrected chi connectivity index (χ1v) is 5.82. The first kappa shape index (κ1) is 13.3. The van der Waals surface area contributed by atoms with Crippen LogP contribution in [-0.2, 0) is 0 Å². The Bertz CT molecular complexity index is 355. The molecule has 1 atom stereocenters. The number of rotatable bonds is 5. The number of anilines is 1. The lowest BCUT2D eigenvalue weighted by Crippen LogP contribution is -2.15. The Morgan fingerprint density at radius 1 is 1.50 bits per heavy atom. The van der Waals surface area contributed by atoms with Crippen LogP contribution in [0.1, 0.15) is 18.9 Å². The molecule has 0 radical (unpaired) electrons. The van der Waals surface area contributed by atoms with Gasteiger partial charge in [0.1, 0.15) is 5.82 Å².